The molecule has 1 aliphatic rings. The van der Waals surface area contributed by atoms with Gasteiger partial charge in [-0.25, -0.2) is 0 Å². The molecule has 1 aliphatic carbocycles. The number of anilines is 1. The molecule has 100 valence electrons. The Morgan fingerprint density at radius 1 is 1.33 bits per heavy atom. The van der Waals surface area contributed by atoms with Gasteiger partial charge in [0.2, 0.25) is 0 Å². The van der Waals surface area contributed by atoms with E-state index in [0.717, 1.165) is 22.9 Å². The smallest absolute Gasteiger partial charge is 0.126 e. The van der Waals surface area contributed by atoms with Crippen LogP contribution in [0.5, 0.6) is 5.75 Å². The maximum absolute atomic E-state index is 9.99. The molecule has 0 saturated heterocycles. The van der Waals surface area contributed by atoms with Crippen LogP contribution in [-0.4, -0.2) is 25.3 Å². The van der Waals surface area contributed by atoms with Gasteiger partial charge in [0, 0.05) is 24.3 Å². The minimum absolute atomic E-state index is 0.509. The van der Waals surface area contributed by atoms with E-state index < -0.39 is 6.10 Å². The fourth-order valence-corrected chi connectivity index (χ4v) is 2.55. The Morgan fingerprint density at radius 2 is 2.00 bits per heavy atom. The van der Waals surface area contributed by atoms with E-state index in [1.807, 2.05) is 12.1 Å². The molecule has 2 rings (SSSR count). The predicted molar refractivity (Wildman–Crippen MR) is 74.2 cm³/mol. The fourth-order valence-electron chi connectivity index (χ4n) is 2.55. The van der Waals surface area contributed by atoms with Crippen LogP contribution in [0.2, 0.25) is 0 Å². The van der Waals surface area contributed by atoms with E-state index >= 15 is 0 Å². The summed E-state index contributed by atoms with van der Waals surface area (Å²) in [6, 6.07) is 6.45. The fraction of sp³-hybridized carbons (Fsp3) is 0.600. The standard InChI is InChI=1S/C15H23NO2/c1-10(12-8-9-12)16(3)13-6-5-7-14(18-4)15(13)11(2)17/h5-7,10-12,17H,8-9H2,1-4H3. The number of aliphatic hydroxyl groups is 1. The van der Waals surface area contributed by atoms with E-state index in [0.29, 0.717) is 6.04 Å². The Kier molecular flexibility index (Phi) is 3.81. The summed E-state index contributed by atoms with van der Waals surface area (Å²) in [6.07, 6.45) is 2.11. The minimum Gasteiger partial charge on any atom is -0.496 e. The Bertz CT molecular complexity index is 413. The first-order valence-electron chi connectivity index (χ1n) is 6.64. The van der Waals surface area contributed by atoms with Crippen LogP contribution in [0, 0.1) is 5.92 Å². The number of hydrogen-bond acceptors (Lipinski definition) is 3. The number of hydrogen-bond donors (Lipinski definition) is 1. The van der Waals surface area contributed by atoms with E-state index in [9.17, 15) is 5.11 Å². The first-order chi connectivity index (χ1) is 8.56. The van der Waals surface area contributed by atoms with Crippen molar-refractivity contribution in [3.05, 3.63) is 23.8 Å². The van der Waals surface area contributed by atoms with Crippen LogP contribution in [0.4, 0.5) is 5.69 Å². The highest BCUT2D eigenvalue weighted by Crippen LogP contribution is 2.40. The summed E-state index contributed by atoms with van der Waals surface area (Å²) in [5, 5.41) is 9.99. The maximum atomic E-state index is 9.99. The quantitative estimate of drug-likeness (QED) is 0.870. The van der Waals surface area contributed by atoms with Crippen molar-refractivity contribution in [2.75, 3.05) is 19.1 Å². The lowest BCUT2D eigenvalue weighted by molar-refractivity contribution is 0.194. The monoisotopic (exact) mass is 249 g/mol. The lowest BCUT2D eigenvalue weighted by Gasteiger charge is -2.30. The van der Waals surface area contributed by atoms with Crippen molar-refractivity contribution < 1.29 is 9.84 Å². The summed E-state index contributed by atoms with van der Waals surface area (Å²) in [4.78, 5) is 2.27. The summed E-state index contributed by atoms with van der Waals surface area (Å²) in [7, 11) is 3.75. The van der Waals surface area contributed by atoms with Crippen LogP contribution >= 0.6 is 0 Å². The molecule has 1 saturated carbocycles. The molecule has 0 aromatic heterocycles. The van der Waals surface area contributed by atoms with Crippen molar-refractivity contribution in [3.63, 3.8) is 0 Å². The zero-order valence-corrected chi connectivity index (χ0v) is 11.7. The highest BCUT2D eigenvalue weighted by atomic mass is 16.5. The molecule has 1 aromatic rings. The number of methoxy groups -OCH3 is 1. The van der Waals surface area contributed by atoms with Gasteiger partial charge in [0.1, 0.15) is 5.75 Å². The minimum atomic E-state index is -0.523. The second-order valence-electron chi connectivity index (χ2n) is 5.26. The molecular weight excluding hydrogens is 226 g/mol. The molecule has 0 bridgehead atoms. The summed E-state index contributed by atoms with van der Waals surface area (Å²) in [6.45, 7) is 4.04. The average Bonchev–Trinajstić information content (AvgIpc) is 3.20. The first-order valence-corrected chi connectivity index (χ1v) is 6.64. The molecule has 0 radical (unpaired) electrons. The number of benzene rings is 1. The molecular formula is C15H23NO2. The summed E-state index contributed by atoms with van der Waals surface area (Å²) < 4.78 is 5.37. The second kappa shape index (κ2) is 5.19. The van der Waals surface area contributed by atoms with Crippen molar-refractivity contribution in [3.8, 4) is 5.75 Å². The Labute approximate surface area is 109 Å². The number of aliphatic hydroxyl groups excluding tert-OH is 1. The highest BCUT2D eigenvalue weighted by Gasteiger charge is 2.32. The van der Waals surface area contributed by atoms with Crippen molar-refractivity contribution in [1.82, 2.24) is 0 Å². The Morgan fingerprint density at radius 3 is 2.50 bits per heavy atom. The van der Waals surface area contributed by atoms with E-state index in [2.05, 4.69) is 24.9 Å². The van der Waals surface area contributed by atoms with Crippen LogP contribution in [0.15, 0.2) is 18.2 Å². The molecule has 3 nitrogen and oxygen atoms in total. The maximum Gasteiger partial charge on any atom is 0.126 e. The van der Waals surface area contributed by atoms with Gasteiger partial charge in [-0.05, 0) is 44.7 Å². The third-order valence-electron chi connectivity index (χ3n) is 3.98. The van der Waals surface area contributed by atoms with E-state index in [1.165, 1.54) is 12.8 Å². The van der Waals surface area contributed by atoms with Crippen LogP contribution in [0.1, 0.15) is 38.4 Å². The number of nitrogens with zero attached hydrogens (tertiary/aromatic N) is 1. The summed E-state index contributed by atoms with van der Waals surface area (Å²) in [5.74, 6) is 1.56. The van der Waals surface area contributed by atoms with Crippen molar-refractivity contribution >= 4 is 5.69 Å². The van der Waals surface area contributed by atoms with Crippen molar-refractivity contribution in [2.45, 2.75) is 38.8 Å². The molecule has 2 atom stereocenters. The zero-order valence-electron chi connectivity index (χ0n) is 11.7. The van der Waals surface area contributed by atoms with Crippen LogP contribution in [0.3, 0.4) is 0 Å². The molecule has 0 amide bonds. The van der Waals surface area contributed by atoms with Gasteiger partial charge >= 0.3 is 0 Å². The third-order valence-corrected chi connectivity index (χ3v) is 3.98. The van der Waals surface area contributed by atoms with E-state index in [4.69, 9.17) is 4.74 Å². The van der Waals surface area contributed by atoms with E-state index in [-0.39, 0.29) is 0 Å². The molecule has 3 heteroatoms. The van der Waals surface area contributed by atoms with Crippen LogP contribution in [-0.2, 0) is 0 Å². The summed E-state index contributed by atoms with van der Waals surface area (Å²) in [5.41, 5.74) is 1.96. The average molecular weight is 249 g/mol. The zero-order chi connectivity index (χ0) is 13.3. The molecule has 0 aliphatic heterocycles. The second-order valence-corrected chi connectivity index (χ2v) is 5.26. The topological polar surface area (TPSA) is 32.7 Å². The number of ether oxygens (including phenoxy) is 1. The molecule has 0 spiro atoms. The van der Waals surface area contributed by atoms with E-state index in [1.54, 1.807) is 14.0 Å². The van der Waals surface area contributed by atoms with Gasteiger partial charge in [-0.1, -0.05) is 6.07 Å². The van der Waals surface area contributed by atoms with Gasteiger partial charge in [0.15, 0.2) is 0 Å². The largest absolute Gasteiger partial charge is 0.496 e. The first kappa shape index (κ1) is 13.2. The molecule has 1 N–H and O–H groups in total. The van der Waals surface area contributed by atoms with Gasteiger partial charge in [0.25, 0.3) is 0 Å². The van der Waals surface area contributed by atoms with Crippen LogP contribution < -0.4 is 9.64 Å². The molecule has 1 aromatic carbocycles. The van der Waals surface area contributed by atoms with Gasteiger partial charge < -0.3 is 14.7 Å². The van der Waals surface area contributed by atoms with Gasteiger partial charge in [0.05, 0.1) is 13.2 Å². The molecule has 0 heterocycles. The SMILES string of the molecule is COc1cccc(N(C)C(C)C2CC2)c1C(C)O. The third kappa shape index (κ3) is 2.46. The van der Waals surface area contributed by atoms with Crippen molar-refractivity contribution in [2.24, 2.45) is 5.92 Å². The van der Waals surface area contributed by atoms with Crippen LogP contribution in [0.25, 0.3) is 0 Å². The predicted octanol–water partition coefficient (Wildman–Crippen LogP) is 2.98. The highest BCUT2D eigenvalue weighted by molar-refractivity contribution is 5.60. The van der Waals surface area contributed by atoms with Gasteiger partial charge in [-0.2, -0.15) is 0 Å². The number of rotatable bonds is 5. The lowest BCUT2D eigenvalue weighted by atomic mass is 10.0. The molecule has 2 unspecified atom stereocenters. The normalized spacial score (nSPS) is 18.3. The lowest BCUT2D eigenvalue weighted by Crippen LogP contribution is -2.31. The molecule has 18 heavy (non-hydrogen) atoms. The summed E-state index contributed by atoms with van der Waals surface area (Å²) >= 11 is 0. The van der Waals surface area contributed by atoms with Crippen molar-refractivity contribution in [1.29, 1.82) is 0 Å². The molecule has 1 fully saturated rings. The van der Waals surface area contributed by atoms with Gasteiger partial charge in [-0.15, -0.1) is 0 Å². The Hall–Kier alpha value is -1.22. The van der Waals surface area contributed by atoms with Gasteiger partial charge in [-0.3, -0.25) is 0 Å². The Balaban J connectivity index is 2.36.